The van der Waals surface area contributed by atoms with Crippen molar-refractivity contribution in [3.63, 3.8) is 0 Å². The number of hydrogen-bond acceptors (Lipinski definition) is 8. The Hall–Kier alpha value is -3.56. The minimum Gasteiger partial charge on any atom is -0.486 e. The van der Waals surface area contributed by atoms with Crippen molar-refractivity contribution in [2.75, 3.05) is 51.5 Å². The molecule has 1 atom stereocenters. The minimum absolute atomic E-state index is 0.0855. The third kappa shape index (κ3) is 11.7. The van der Waals surface area contributed by atoms with Crippen LogP contribution < -0.4 is 30.9 Å². The number of carbonyl (C=O) groups excluding carboxylic acids is 3. The zero-order chi connectivity index (χ0) is 30.3. The van der Waals surface area contributed by atoms with Gasteiger partial charge in [-0.15, -0.1) is 0 Å². The van der Waals surface area contributed by atoms with Gasteiger partial charge in [0.25, 0.3) is 0 Å². The van der Waals surface area contributed by atoms with E-state index in [1.807, 2.05) is 83.2 Å². The third-order valence-corrected chi connectivity index (χ3v) is 6.20. The van der Waals surface area contributed by atoms with Crippen molar-refractivity contribution in [2.45, 2.75) is 40.2 Å². The maximum absolute atomic E-state index is 11.8. The van der Waals surface area contributed by atoms with E-state index in [1.54, 1.807) is 20.0 Å². The number of aldehydes is 2. The van der Waals surface area contributed by atoms with Crippen LogP contribution in [-0.2, 0) is 9.59 Å². The van der Waals surface area contributed by atoms with Crippen molar-refractivity contribution in [1.82, 2.24) is 16.0 Å². The molecule has 1 aliphatic heterocycles. The smallest absolute Gasteiger partial charge is 0.225 e. The van der Waals surface area contributed by atoms with Crippen LogP contribution in [0.1, 0.15) is 44.5 Å². The summed E-state index contributed by atoms with van der Waals surface area (Å²) < 4.78 is 5.65. The van der Waals surface area contributed by atoms with Crippen molar-refractivity contribution < 1.29 is 19.1 Å². The lowest BCUT2D eigenvalue weighted by molar-refractivity contribution is -0.123. The van der Waals surface area contributed by atoms with Gasteiger partial charge in [0.2, 0.25) is 5.91 Å². The second kappa shape index (κ2) is 17.2. The van der Waals surface area contributed by atoms with E-state index in [-0.39, 0.29) is 23.1 Å². The lowest BCUT2D eigenvalue weighted by Gasteiger charge is -2.32. The molecule has 0 radical (unpaired) electrons. The quantitative estimate of drug-likeness (QED) is 0.256. The summed E-state index contributed by atoms with van der Waals surface area (Å²) in [6.45, 7) is 9.25. The van der Waals surface area contributed by atoms with Gasteiger partial charge in [-0.3, -0.25) is 14.4 Å². The molecular formula is C30H44ClN5O4. The molecule has 0 bridgehead atoms. The Morgan fingerprint density at radius 3 is 2.30 bits per heavy atom. The molecule has 1 aliphatic rings. The summed E-state index contributed by atoms with van der Waals surface area (Å²) in [5.41, 5.74) is 3.35. The van der Waals surface area contributed by atoms with Gasteiger partial charge in [-0.05, 0) is 50.6 Å². The number of hydrogen-bond donors (Lipinski definition) is 4. The Bertz CT molecular complexity index is 1140. The first-order chi connectivity index (χ1) is 18.9. The largest absolute Gasteiger partial charge is 0.486 e. The lowest BCUT2D eigenvalue weighted by Crippen LogP contribution is -2.36. The first-order valence-electron chi connectivity index (χ1n) is 13.1. The number of allylic oxidation sites excluding steroid dienone is 2. The van der Waals surface area contributed by atoms with E-state index >= 15 is 0 Å². The second-order valence-electron chi connectivity index (χ2n) is 10.2. The molecule has 10 heteroatoms. The van der Waals surface area contributed by atoms with E-state index in [1.165, 1.54) is 0 Å². The fraction of sp³-hybridized carbons (Fsp3) is 0.433. The summed E-state index contributed by atoms with van der Waals surface area (Å²) in [5, 5.41) is 12.1. The van der Waals surface area contributed by atoms with E-state index < -0.39 is 0 Å². The van der Waals surface area contributed by atoms with Gasteiger partial charge in [0.1, 0.15) is 6.10 Å². The number of benzene rings is 2. The number of rotatable bonds is 9. The number of nitrogens with zero attached hydrogens (tertiary/aromatic N) is 1. The van der Waals surface area contributed by atoms with Crippen LogP contribution >= 0.6 is 11.6 Å². The highest BCUT2D eigenvalue weighted by Gasteiger charge is 2.24. The Balaban J connectivity index is 0.000000317. The number of likely N-dealkylation sites (N-methyl/N-ethyl adjacent to an activating group) is 1. The van der Waals surface area contributed by atoms with Crippen LogP contribution in [0.5, 0.6) is 5.75 Å². The van der Waals surface area contributed by atoms with Gasteiger partial charge in [-0.25, -0.2) is 0 Å². The molecule has 9 nitrogen and oxygen atoms in total. The summed E-state index contributed by atoms with van der Waals surface area (Å²) in [6.07, 6.45) is 1.87. The van der Waals surface area contributed by atoms with Gasteiger partial charge in [-0.2, -0.15) is 0 Å². The second-order valence-corrected chi connectivity index (χ2v) is 10.6. The first-order valence-corrected chi connectivity index (χ1v) is 13.5. The van der Waals surface area contributed by atoms with Gasteiger partial charge in [0.15, 0.2) is 18.3 Å². The molecule has 0 aromatic heterocycles. The van der Waals surface area contributed by atoms with Crippen LogP contribution in [0.15, 0.2) is 53.9 Å². The van der Waals surface area contributed by atoms with Crippen molar-refractivity contribution in [3.8, 4) is 5.75 Å². The highest BCUT2D eigenvalue weighted by molar-refractivity contribution is 6.31. The van der Waals surface area contributed by atoms with Crippen molar-refractivity contribution in [1.29, 1.82) is 0 Å². The number of halogens is 1. The minimum atomic E-state index is -0.151. The first kappa shape index (κ1) is 34.5. The highest BCUT2D eigenvalue weighted by Crippen LogP contribution is 2.37. The van der Waals surface area contributed by atoms with Crippen LogP contribution in [-0.4, -0.2) is 65.9 Å². The van der Waals surface area contributed by atoms with Crippen LogP contribution in [0.2, 0.25) is 5.02 Å². The van der Waals surface area contributed by atoms with E-state index in [4.69, 9.17) is 16.3 Å². The topological polar surface area (TPSA) is 112 Å². The Morgan fingerprint density at radius 1 is 1.15 bits per heavy atom. The van der Waals surface area contributed by atoms with Gasteiger partial charge >= 0.3 is 0 Å². The Labute approximate surface area is 243 Å². The van der Waals surface area contributed by atoms with Gasteiger partial charge in [0, 0.05) is 50.5 Å². The number of nitrogens with one attached hydrogen (secondary N) is 4. The molecule has 0 saturated heterocycles. The molecule has 2 aromatic rings. The van der Waals surface area contributed by atoms with Crippen molar-refractivity contribution in [2.24, 2.45) is 5.41 Å². The number of amides is 1. The van der Waals surface area contributed by atoms with Crippen LogP contribution in [0.3, 0.4) is 0 Å². The molecule has 40 heavy (non-hydrogen) atoms. The van der Waals surface area contributed by atoms with E-state index in [0.29, 0.717) is 34.7 Å². The molecule has 220 valence electrons. The summed E-state index contributed by atoms with van der Waals surface area (Å²) in [5.74, 6) is 0.484. The normalized spacial score (nSPS) is 14.4. The van der Waals surface area contributed by atoms with Crippen LogP contribution in [0.4, 0.5) is 11.4 Å². The summed E-state index contributed by atoms with van der Waals surface area (Å²) >= 11 is 5.92. The monoisotopic (exact) mass is 573 g/mol. The summed E-state index contributed by atoms with van der Waals surface area (Å²) in [4.78, 5) is 35.5. The predicted octanol–water partition coefficient (Wildman–Crippen LogP) is 4.49. The fourth-order valence-corrected chi connectivity index (χ4v) is 4.16. The van der Waals surface area contributed by atoms with E-state index in [9.17, 15) is 14.4 Å². The molecule has 1 amide bonds. The SMILES string of the molecule is CC1CN(C)c2cc(Cl)cc(C=O)c2O1.CNCC(C)(C)CC(=O)N/C(C=O)=C(\C)NC.CNc1ccccc1. The van der Waals surface area contributed by atoms with Gasteiger partial charge in [0.05, 0.1) is 23.5 Å². The van der Waals surface area contributed by atoms with E-state index in [0.717, 1.165) is 30.8 Å². The summed E-state index contributed by atoms with van der Waals surface area (Å²) in [7, 11) is 7.43. The Morgan fingerprint density at radius 2 is 1.80 bits per heavy atom. The maximum Gasteiger partial charge on any atom is 0.225 e. The highest BCUT2D eigenvalue weighted by atomic mass is 35.5. The number of carbonyl (C=O) groups is 3. The predicted molar refractivity (Wildman–Crippen MR) is 164 cm³/mol. The molecule has 2 aromatic carbocycles. The molecule has 3 rings (SSSR count). The maximum atomic E-state index is 11.8. The fourth-order valence-electron chi connectivity index (χ4n) is 3.94. The van der Waals surface area contributed by atoms with Crippen LogP contribution in [0.25, 0.3) is 0 Å². The molecule has 1 unspecified atom stereocenters. The average molecular weight is 574 g/mol. The Kier molecular flexibility index (Phi) is 14.8. The lowest BCUT2D eigenvalue weighted by atomic mass is 9.89. The third-order valence-electron chi connectivity index (χ3n) is 5.98. The zero-order valence-electron chi connectivity index (χ0n) is 24.9. The van der Waals surface area contributed by atoms with Crippen molar-refractivity contribution >= 4 is 41.5 Å². The summed E-state index contributed by atoms with van der Waals surface area (Å²) in [6, 6.07) is 13.5. The molecule has 1 heterocycles. The average Bonchev–Trinajstić information content (AvgIpc) is 2.92. The molecule has 0 fully saturated rings. The molecule has 4 N–H and O–H groups in total. The van der Waals surface area contributed by atoms with Gasteiger partial charge < -0.3 is 30.9 Å². The number of anilines is 2. The number of fused-ring (bicyclic) bond motifs is 1. The molecule has 0 spiro atoms. The molecule has 0 saturated carbocycles. The molecular weight excluding hydrogens is 530 g/mol. The standard InChI is InChI=1S/C12H23N3O2.C11H12ClNO2.C7H9N/c1-9(14-5)10(7-16)15-11(17)6-12(2,3)8-13-4;1-7-5-13(2)10-4-9(12)3-8(6-14)11(10)15-7;1-8-7-5-3-2-4-6-7/h7,13-14H,6,8H2,1-5H3,(H,15,17);3-4,6-7H,5H2,1-2H3;2-6,8H,1H3/b10-9+;;. The van der Waals surface area contributed by atoms with Crippen LogP contribution in [0, 0.1) is 5.41 Å². The van der Waals surface area contributed by atoms with Crippen molar-refractivity contribution in [3.05, 3.63) is 64.4 Å². The van der Waals surface area contributed by atoms with E-state index in [2.05, 4.69) is 21.3 Å². The van der Waals surface area contributed by atoms with Gasteiger partial charge in [-0.1, -0.05) is 43.6 Å². The number of para-hydroxylation sites is 1. The molecule has 0 aliphatic carbocycles. The number of ether oxygens (including phenoxy) is 1. The zero-order valence-corrected chi connectivity index (χ0v) is 25.6.